The Labute approximate surface area is 156 Å². The van der Waals surface area contributed by atoms with Gasteiger partial charge >= 0.3 is 0 Å². The van der Waals surface area contributed by atoms with E-state index in [-0.39, 0.29) is 36.2 Å². The Morgan fingerprint density at radius 1 is 1.24 bits per heavy atom. The number of halogens is 1. The highest BCUT2D eigenvalue weighted by Gasteiger charge is 2.27. The number of nitrogens with two attached hydrogens (primary N) is 1. The molecular formula is C19H30ClN3O2. The van der Waals surface area contributed by atoms with Crippen LogP contribution in [0.5, 0.6) is 0 Å². The smallest absolute Gasteiger partial charge is 0.251 e. The minimum Gasteiger partial charge on any atom is -0.349 e. The van der Waals surface area contributed by atoms with Crippen LogP contribution in [0.2, 0.25) is 0 Å². The minimum atomic E-state index is -0.0430. The van der Waals surface area contributed by atoms with E-state index in [1.54, 1.807) is 11.9 Å². The van der Waals surface area contributed by atoms with Crippen LogP contribution in [-0.2, 0) is 11.3 Å². The van der Waals surface area contributed by atoms with Gasteiger partial charge in [-0.25, -0.2) is 0 Å². The van der Waals surface area contributed by atoms with E-state index in [4.69, 9.17) is 5.73 Å². The average molecular weight is 368 g/mol. The second-order valence-electron chi connectivity index (χ2n) is 7.05. The first-order valence-corrected chi connectivity index (χ1v) is 8.77. The highest BCUT2D eigenvalue weighted by Crippen LogP contribution is 2.24. The minimum absolute atomic E-state index is 0. The zero-order valence-electron chi connectivity index (χ0n) is 15.3. The molecule has 140 valence electrons. The Bertz CT molecular complexity index is 575. The molecule has 0 radical (unpaired) electrons. The van der Waals surface area contributed by atoms with Crippen molar-refractivity contribution in [3.05, 3.63) is 35.4 Å². The summed E-state index contributed by atoms with van der Waals surface area (Å²) in [5.41, 5.74) is 7.44. The van der Waals surface area contributed by atoms with Crippen molar-refractivity contribution in [2.24, 2.45) is 17.6 Å². The predicted molar refractivity (Wildman–Crippen MR) is 103 cm³/mol. The Kier molecular flexibility index (Phi) is 8.39. The van der Waals surface area contributed by atoms with E-state index in [0.717, 1.165) is 24.8 Å². The van der Waals surface area contributed by atoms with E-state index in [1.807, 2.05) is 38.1 Å². The quantitative estimate of drug-likeness (QED) is 0.811. The molecule has 25 heavy (non-hydrogen) atoms. The van der Waals surface area contributed by atoms with Gasteiger partial charge in [0, 0.05) is 31.1 Å². The van der Waals surface area contributed by atoms with Crippen molar-refractivity contribution < 1.29 is 9.59 Å². The van der Waals surface area contributed by atoms with Crippen LogP contribution in [0.4, 0.5) is 0 Å². The number of nitrogens with zero attached hydrogens (tertiary/aromatic N) is 1. The molecule has 0 spiro atoms. The molecule has 1 saturated carbocycles. The van der Waals surface area contributed by atoms with Crippen LogP contribution in [0, 0.1) is 11.8 Å². The third-order valence-electron chi connectivity index (χ3n) is 4.78. The summed E-state index contributed by atoms with van der Waals surface area (Å²) in [5.74, 6) is 0.454. The van der Waals surface area contributed by atoms with Gasteiger partial charge in [0.05, 0.1) is 0 Å². The van der Waals surface area contributed by atoms with Gasteiger partial charge in [-0.2, -0.15) is 0 Å². The molecule has 2 unspecified atom stereocenters. The van der Waals surface area contributed by atoms with Crippen LogP contribution in [0.15, 0.2) is 24.3 Å². The fourth-order valence-corrected chi connectivity index (χ4v) is 3.31. The lowest BCUT2D eigenvalue weighted by Crippen LogP contribution is -2.39. The molecule has 1 aliphatic rings. The summed E-state index contributed by atoms with van der Waals surface area (Å²) in [6.07, 6.45) is 3.23. The molecule has 1 aromatic rings. The number of nitrogens with one attached hydrogen (secondary N) is 1. The lowest BCUT2D eigenvalue weighted by atomic mass is 10.0. The van der Waals surface area contributed by atoms with Gasteiger partial charge in [-0.15, -0.1) is 12.4 Å². The maximum Gasteiger partial charge on any atom is 0.251 e. The summed E-state index contributed by atoms with van der Waals surface area (Å²) in [6.45, 7) is 4.96. The van der Waals surface area contributed by atoms with Gasteiger partial charge in [-0.05, 0) is 43.0 Å². The van der Waals surface area contributed by atoms with Gasteiger partial charge in [-0.1, -0.05) is 32.4 Å². The molecule has 0 saturated heterocycles. The molecule has 2 amide bonds. The Morgan fingerprint density at radius 2 is 1.88 bits per heavy atom. The van der Waals surface area contributed by atoms with Gasteiger partial charge in [0.15, 0.2) is 0 Å². The second kappa shape index (κ2) is 9.78. The molecule has 2 atom stereocenters. The first-order valence-electron chi connectivity index (χ1n) is 8.77. The highest BCUT2D eigenvalue weighted by atomic mass is 35.5. The van der Waals surface area contributed by atoms with Crippen LogP contribution in [0.3, 0.4) is 0 Å². The van der Waals surface area contributed by atoms with Crippen molar-refractivity contribution in [3.63, 3.8) is 0 Å². The summed E-state index contributed by atoms with van der Waals surface area (Å²) in [6, 6.07) is 7.66. The summed E-state index contributed by atoms with van der Waals surface area (Å²) < 4.78 is 0. The molecule has 0 heterocycles. The van der Waals surface area contributed by atoms with Crippen LogP contribution in [-0.4, -0.2) is 36.3 Å². The van der Waals surface area contributed by atoms with E-state index < -0.39 is 0 Å². The number of carbonyl (C=O) groups is 2. The predicted octanol–water partition coefficient (Wildman–Crippen LogP) is 2.58. The Hall–Kier alpha value is -1.59. The molecule has 0 aliphatic heterocycles. The standard InChI is InChI=1S/C19H29N3O2.ClH/c1-13(2)19(24)22(3)12-14-7-9-15(10-8-14)18(23)21-17-6-4-5-16(17)11-20;/h7-10,13,16-17H,4-6,11-12,20H2,1-3H3,(H,21,23);1H. The molecule has 5 nitrogen and oxygen atoms in total. The lowest BCUT2D eigenvalue weighted by Gasteiger charge is -2.20. The molecule has 1 aromatic carbocycles. The van der Waals surface area contributed by atoms with Crippen molar-refractivity contribution >= 4 is 24.2 Å². The number of benzene rings is 1. The van der Waals surface area contributed by atoms with Crippen LogP contribution in [0.1, 0.15) is 49.0 Å². The monoisotopic (exact) mass is 367 g/mol. The molecule has 0 bridgehead atoms. The first-order chi connectivity index (χ1) is 11.4. The SMILES string of the molecule is CC(C)C(=O)N(C)Cc1ccc(C(=O)NC2CCCC2CN)cc1.Cl. The van der Waals surface area contributed by atoms with Gasteiger partial charge in [-0.3, -0.25) is 9.59 Å². The summed E-state index contributed by atoms with van der Waals surface area (Å²) in [5, 5.41) is 3.11. The molecule has 3 N–H and O–H groups in total. The van der Waals surface area contributed by atoms with Crippen molar-refractivity contribution in [2.75, 3.05) is 13.6 Å². The number of hydrogen-bond donors (Lipinski definition) is 2. The average Bonchev–Trinajstić information content (AvgIpc) is 3.01. The van der Waals surface area contributed by atoms with E-state index >= 15 is 0 Å². The van der Waals surface area contributed by atoms with Crippen LogP contribution in [0.25, 0.3) is 0 Å². The van der Waals surface area contributed by atoms with Gasteiger partial charge in [0.25, 0.3) is 5.91 Å². The normalized spacial score (nSPS) is 19.4. The van der Waals surface area contributed by atoms with Crippen molar-refractivity contribution in [1.82, 2.24) is 10.2 Å². The van der Waals surface area contributed by atoms with E-state index in [9.17, 15) is 9.59 Å². The topological polar surface area (TPSA) is 75.4 Å². The molecule has 0 aromatic heterocycles. The number of hydrogen-bond acceptors (Lipinski definition) is 3. The van der Waals surface area contributed by atoms with Crippen LogP contribution >= 0.6 is 12.4 Å². The van der Waals surface area contributed by atoms with E-state index in [2.05, 4.69) is 5.32 Å². The lowest BCUT2D eigenvalue weighted by molar-refractivity contribution is -0.133. The maximum atomic E-state index is 12.4. The summed E-state index contributed by atoms with van der Waals surface area (Å²) >= 11 is 0. The highest BCUT2D eigenvalue weighted by molar-refractivity contribution is 5.94. The van der Waals surface area contributed by atoms with Crippen molar-refractivity contribution in [2.45, 2.75) is 45.7 Å². The molecule has 6 heteroatoms. The van der Waals surface area contributed by atoms with Gasteiger partial charge < -0.3 is 16.0 Å². The molecule has 2 rings (SSSR count). The molecular weight excluding hydrogens is 338 g/mol. The Morgan fingerprint density at radius 3 is 2.44 bits per heavy atom. The number of amides is 2. The number of rotatable bonds is 6. The maximum absolute atomic E-state index is 12.4. The fourth-order valence-electron chi connectivity index (χ4n) is 3.31. The first kappa shape index (κ1) is 21.5. The largest absolute Gasteiger partial charge is 0.349 e. The van der Waals surface area contributed by atoms with E-state index in [0.29, 0.717) is 24.6 Å². The number of carbonyl (C=O) groups excluding carboxylic acids is 2. The Balaban J connectivity index is 0.00000312. The van der Waals surface area contributed by atoms with Gasteiger partial charge in [0.1, 0.15) is 0 Å². The molecule has 1 aliphatic carbocycles. The van der Waals surface area contributed by atoms with Crippen molar-refractivity contribution in [3.8, 4) is 0 Å². The summed E-state index contributed by atoms with van der Waals surface area (Å²) in [7, 11) is 1.80. The van der Waals surface area contributed by atoms with E-state index in [1.165, 1.54) is 0 Å². The van der Waals surface area contributed by atoms with Crippen molar-refractivity contribution in [1.29, 1.82) is 0 Å². The summed E-state index contributed by atoms with van der Waals surface area (Å²) in [4.78, 5) is 26.0. The third kappa shape index (κ3) is 5.72. The second-order valence-corrected chi connectivity index (χ2v) is 7.05. The molecule has 1 fully saturated rings. The van der Waals surface area contributed by atoms with Crippen LogP contribution < -0.4 is 11.1 Å². The van der Waals surface area contributed by atoms with Gasteiger partial charge in [0.2, 0.25) is 5.91 Å². The zero-order valence-corrected chi connectivity index (χ0v) is 16.1. The zero-order chi connectivity index (χ0) is 17.7. The third-order valence-corrected chi connectivity index (χ3v) is 4.78. The fraction of sp³-hybridized carbons (Fsp3) is 0.579.